The third-order valence-corrected chi connectivity index (χ3v) is 2.68. The van der Waals surface area contributed by atoms with E-state index in [-0.39, 0.29) is 18.5 Å². The van der Waals surface area contributed by atoms with Gasteiger partial charge in [-0.3, -0.25) is 4.79 Å². The van der Waals surface area contributed by atoms with Crippen LogP contribution in [0.15, 0.2) is 16.5 Å². The maximum absolute atomic E-state index is 11.5. The fourth-order valence-electron chi connectivity index (χ4n) is 1.66. The van der Waals surface area contributed by atoms with Gasteiger partial charge in [0, 0.05) is 13.5 Å². The third-order valence-electron chi connectivity index (χ3n) is 2.68. The smallest absolute Gasteiger partial charge is 0.329 e. The van der Waals surface area contributed by atoms with Gasteiger partial charge in [0.15, 0.2) is 0 Å². The van der Waals surface area contributed by atoms with Crippen molar-refractivity contribution in [2.45, 2.75) is 32.9 Å². The van der Waals surface area contributed by atoms with E-state index in [1.165, 1.54) is 14.0 Å². The van der Waals surface area contributed by atoms with Crippen LogP contribution >= 0.6 is 0 Å². The first kappa shape index (κ1) is 15.2. The lowest BCUT2D eigenvalue weighted by Crippen LogP contribution is -2.47. The first-order chi connectivity index (χ1) is 8.93. The molecule has 2 unspecified atom stereocenters. The van der Waals surface area contributed by atoms with Gasteiger partial charge < -0.3 is 19.8 Å². The summed E-state index contributed by atoms with van der Waals surface area (Å²) in [4.78, 5) is 22.5. The molecular formula is C13H20N2O4. The number of methoxy groups -OCH3 is 1. The Hall–Kier alpha value is -1.82. The zero-order valence-electron chi connectivity index (χ0n) is 11.6. The molecule has 0 aliphatic carbocycles. The van der Waals surface area contributed by atoms with Crippen molar-refractivity contribution in [2.75, 3.05) is 13.7 Å². The van der Waals surface area contributed by atoms with E-state index >= 15 is 0 Å². The van der Waals surface area contributed by atoms with Gasteiger partial charge in [-0.2, -0.15) is 0 Å². The molecule has 0 bridgehead atoms. The quantitative estimate of drug-likeness (QED) is 0.750. The van der Waals surface area contributed by atoms with Gasteiger partial charge in [0.1, 0.15) is 17.6 Å². The minimum Gasteiger partial charge on any atom is -0.467 e. The Labute approximate surface area is 112 Å². The minimum absolute atomic E-state index is 0.0605. The molecule has 2 N–H and O–H groups in total. The number of aryl methyl sites for hydroxylation is 1. The van der Waals surface area contributed by atoms with Gasteiger partial charge in [0.2, 0.25) is 5.91 Å². The van der Waals surface area contributed by atoms with Crippen LogP contribution in [-0.4, -0.2) is 31.6 Å². The molecule has 0 spiro atoms. The zero-order chi connectivity index (χ0) is 14.4. The van der Waals surface area contributed by atoms with Gasteiger partial charge in [-0.1, -0.05) is 0 Å². The number of carbonyl (C=O) groups excluding carboxylic acids is 2. The monoisotopic (exact) mass is 268 g/mol. The molecule has 0 saturated heterocycles. The molecule has 0 aliphatic rings. The molecular weight excluding hydrogens is 248 g/mol. The molecule has 1 heterocycles. The lowest BCUT2D eigenvalue weighted by Gasteiger charge is -2.18. The molecule has 1 aromatic rings. The predicted molar refractivity (Wildman–Crippen MR) is 69.5 cm³/mol. The number of ether oxygens (including phenoxy) is 1. The van der Waals surface area contributed by atoms with Crippen molar-refractivity contribution in [1.82, 2.24) is 10.6 Å². The molecule has 6 heteroatoms. The first-order valence-electron chi connectivity index (χ1n) is 6.08. The van der Waals surface area contributed by atoms with E-state index in [1.807, 2.05) is 26.0 Å². The molecule has 0 aromatic carbocycles. The highest BCUT2D eigenvalue weighted by Crippen LogP contribution is 2.15. The van der Waals surface area contributed by atoms with Crippen LogP contribution in [0.5, 0.6) is 0 Å². The summed E-state index contributed by atoms with van der Waals surface area (Å²) in [5.41, 5.74) is 0. The summed E-state index contributed by atoms with van der Waals surface area (Å²) in [7, 11) is 1.29. The summed E-state index contributed by atoms with van der Waals surface area (Å²) in [6.45, 7) is 5.41. The Balaban J connectivity index is 2.55. The van der Waals surface area contributed by atoms with Crippen molar-refractivity contribution in [3.63, 3.8) is 0 Å². The van der Waals surface area contributed by atoms with E-state index in [4.69, 9.17) is 4.42 Å². The largest absolute Gasteiger partial charge is 0.467 e. The molecule has 0 fully saturated rings. The van der Waals surface area contributed by atoms with Gasteiger partial charge in [0.25, 0.3) is 0 Å². The van der Waals surface area contributed by atoms with Crippen molar-refractivity contribution < 1.29 is 18.7 Å². The summed E-state index contributed by atoms with van der Waals surface area (Å²) in [6.07, 6.45) is 0. The Morgan fingerprint density at radius 1 is 1.42 bits per heavy atom. The predicted octanol–water partition coefficient (Wildman–Crippen LogP) is 0.916. The molecule has 0 saturated carbocycles. The SMILES string of the molecule is COC(=O)C(CNC(C)c1ccc(C)o1)NC(C)=O. The summed E-state index contributed by atoms with van der Waals surface area (Å²) in [6, 6.07) is 2.98. The van der Waals surface area contributed by atoms with Gasteiger partial charge in [-0.15, -0.1) is 0 Å². The van der Waals surface area contributed by atoms with Crippen molar-refractivity contribution in [3.05, 3.63) is 23.7 Å². The van der Waals surface area contributed by atoms with Crippen molar-refractivity contribution in [2.24, 2.45) is 0 Å². The lowest BCUT2D eigenvalue weighted by molar-refractivity contribution is -0.144. The molecule has 1 aromatic heterocycles. The molecule has 0 aliphatic heterocycles. The highest BCUT2D eigenvalue weighted by Gasteiger charge is 2.21. The van der Waals surface area contributed by atoms with E-state index in [1.54, 1.807) is 0 Å². The molecule has 1 amide bonds. The van der Waals surface area contributed by atoms with Crippen LogP contribution in [0.25, 0.3) is 0 Å². The number of carbonyl (C=O) groups is 2. The van der Waals surface area contributed by atoms with Gasteiger partial charge in [-0.25, -0.2) is 4.79 Å². The summed E-state index contributed by atoms with van der Waals surface area (Å²) < 4.78 is 10.1. The number of esters is 1. The lowest BCUT2D eigenvalue weighted by atomic mass is 10.2. The number of furan rings is 1. The van der Waals surface area contributed by atoms with Crippen LogP contribution in [0.2, 0.25) is 0 Å². The van der Waals surface area contributed by atoms with Crippen LogP contribution in [0.1, 0.15) is 31.4 Å². The second-order valence-electron chi connectivity index (χ2n) is 4.35. The fraction of sp³-hybridized carbons (Fsp3) is 0.538. The van der Waals surface area contributed by atoms with E-state index in [0.29, 0.717) is 0 Å². The third kappa shape index (κ3) is 4.75. The normalized spacial score (nSPS) is 13.7. The zero-order valence-corrected chi connectivity index (χ0v) is 11.6. The Bertz CT molecular complexity index is 442. The summed E-state index contributed by atoms with van der Waals surface area (Å²) in [5.74, 6) is 0.850. The van der Waals surface area contributed by atoms with E-state index in [2.05, 4.69) is 15.4 Å². The first-order valence-corrected chi connectivity index (χ1v) is 6.08. The number of nitrogens with one attached hydrogen (secondary N) is 2. The second kappa shape index (κ2) is 6.94. The average Bonchev–Trinajstić information content (AvgIpc) is 2.79. The van der Waals surface area contributed by atoms with E-state index < -0.39 is 12.0 Å². The number of amides is 1. The Kier molecular flexibility index (Phi) is 5.57. The van der Waals surface area contributed by atoms with Crippen LogP contribution in [0.3, 0.4) is 0 Å². The molecule has 1 rings (SSSR count). The van der Waals surface area contributed by atoms with E-state index in [0.717, 1.165) is 11.5 Å². The van der Waals surface area contributed by atoms with Crippen LogP contribution < -0.4 is 10.6 Å². The average molecular weight is 268 g/mol. The van der Waals surface area contributed by atoms with Crippen molar-refractivity contribution in [3.8, 4) is 0 Å². The Morgan fingerprint density at radius 3 is 2.58 bits per heavy atom. The number of rotatable bonds is 6. The summed E-state index contributed by atoms with van der Waals surface area (Å²) in [5, 5.41) is 5.66. The van der Waals surface area contributed by atoms with Gasteiger partial charge in [0.05, 0.1) is 13.2 Å². The van der Waals surface area contributed by atoms with Gasteiger partial charge in [-0.05, 0) is 26.0 Å². The molecule has 19 heavy (non-hydrogen) atoms. The van der Waals surface area contributed by atoms with Gasteiger partial charge >= 0.3 is 5.97 Å². The Morgan fingerprint density at radius 2 is 2.11 bits per heavy atom. The molecule has 6 nitrogen and oxygen atoms in total. The number of hydrogen-bond donors (Lipinski definition) is 2. The molecule has 106 valence electrons. The summed E-state index contributed by atoms with van der Waals surface area (Å²) >= 11 is 0. The second-order valence-corrected chi connectivity index (χ2v) is 4.35. The van der Waals surface area contributed by atoms with Crippen LogP contribution in [0, 0.1) is 6.92 Å². The highest BCUT2D eigenvalue weighted by molar-refractivity contribution is 5.83. The maximum atomic E-state index is 11.5. The topological polar surface area (TPSA) is 80.6 Å². The van der Waals surface area contributed by atoms with Crippen molar-refractivity contribution >= 4 is 11.9 Å². The van der Waals surface area contributed by atoms with Crippen molar-refractivity contribution in [1.29, 1.82) is 0 Å². The molecule has 2 atom stereocenters. The number of hydrogen-bond acceptors (Lipinski definition) is 5. The highest BCUT2D eigenvalue weighted by atomic mass is 16.5. The molecule has 0 radical (unpaired) electrons. The van der Waals surface area contributed by atoms with Crippen LogP contribution in [0.4, 0.5) is 0 Å². The van der Waals surface area contributed by atoms with Crippen LogP contribution in [-0.2, 0) is 14.3 Å². The van der Waals surface area contributed by atoms with E-state index in [9.17, 15) is 9.59 Å². The standard InChI is InChI=1S/C13H20N2O4/c1-8-5-6-12(19-8)9(2)14-7-11(13(17)18-4)15-10(3)16/h5-6,9,11,14H,7H2,1-4H3,(H,15,16). The maximum Gasteiger partial charge on any atom is 0.329 e. The fourth-order valence-corrected chi connectivity index (χ4v) is 1.66. The minimum atomic E-state index is -0.707.